The first-order valence-corrected chi connectivity index (χ1v) is 14.3. The van der Waals surface area contributed by atoms with Gasteiger partial charge in [0.1, 0.15) is 17.4 Å². The number of anilines is 3. The number of aliphatic carboxylic acids is 1. The van der Waals surface area contributed by atoms with E-state index < -0.39 is 5.97 Å². The Morgan fingerprint density at radius 2 is 1.79 bits per heavy atom. The molecule has 1 saturated heterocycles. The van der Waals surface area contributed by atoms with Crippen LogP contribution in [0, 0.1) is 18.2 Å². The first kappa shape index (κ1) is 29.1. The third kappa shape index (κ3) is 6.90. The van der Waals surface area contributed by atoms with Crippen molar-refractivity contribution in [3.8, 4) is 16.9 Å². The maximum atomic E-state index is 13.2. The average Bonchev–Trinajstić information content (AvgIpc) is 3.36. The molecule has 0 radical (unpaired) electrons. The Morgan fingerprint density at radius 3 is 2.40 bits per heavy atom. The van der Waals surface area contributed by atoms with Crippen molar-refractivity contribution in [2.45, 2.75) is 46.5 Å². The van der Waals surface area contributed by atoms with Crippen LogP contribution in [0.2, 0.25) is 0 Å². The number of hydrogen-bond acceptors (Lipinski definition) is 6. The molecule has 5 rings (SSSR count). The van der Waals surface area contributed by atoms with Gasteiger partial charge in [-0.2, -0.15) is 5.10 Å². The molecule has 1 aliphatic rings. The van der Waals surface area contributed by atoms with Gasteiger partial charge in [0.15, 0.2) is 0 Å². The molecule has 2 N–H and O–H groups in total. The molecule has 0 spiro atoms. The largest absolute Gasteiger partial charge is 0.493 e. The number of hydrogen-bond donors (Lipinski definition) is 2. The molecule has 0 saturated carbocycles. The van der Waals surface area contributed by atoms with Crippen LogP contribution in [0.25, 0.3) is 11.1 Å². The van der Waals surface area contributed by atoms with Gasteiger partial charge in [0.25, 0.3) is 0 Å². The fourth-order valence-electron chi connectivity index (χ4n) is 5.41. The lowest BCUT2D eigenvalue weighted by Crippen LogP contribution is -2.38. The quantitative estimate of drug-likeness (QED) is 0.223. The number of rotatable bonds is 10. The van der Waals surface area contributed by atoms with Gasteiger partial charge in [-0.25, -0.2) is 9.37 Å². The molecule has 42 heavy (non-hydrogen) atoms. The summed E-state index contributed by atoms with van der Waals surface area (Å²) in [6.45, 7) is 8.56. The average molecular weight is 572 g/mol. The molecule has 0 amide bonds. The molecule has 4 aromatic rings. The minimum atomic E-state index is -0.887. The molecular formula is C33H38FN5O3. The van der Waals surface area contributed by atoms with Gasteiger partial charge in [-0.3, -0.25) is 9.48 Å². The minimum absolute atomic E-state index is 0.112. The number of piperidine rings is 1. The van der Waals surface area contributed by atoms with Crippen molar-refractivity contribution in [2.24, 2.45) is 12.5 Å². The molecule has 220 valence electrons. The monoisotopic (exact) mass is 571 g/mol. The van der Waals surface area contributed by atoms with E-state index in [1.54, 1.807) is 23.0 Å². The van der Waals surface area contributed by atoms with Crippen molar-refractivity contribution in [3.05, 3.63) is 83.6 Å². The smallest absolute Gasteiger partial charge is 0.307 e. The summed E-state index contributed by atoms with van der Waals surface area (Å²) in [6, 6.07) is 14.3. The number of aromatic nitrogens is 3. The Hall–Kier alpha value is -4.40. The van der Waals surface area contributed by atoms with Crippen molar-refractivity contribution < 1.29 is 19.0 Å². The lowest BCUT2D eigenvalue weighted by molar-refractivity contribution is -0.136. The Labute approximate surface area is 246 Å². The Balaban J connectivity index is 1.52. The number of carboxylic acids is 1. The zero-order chi connectivity index (χ0) is 29.9. The van der Waals surface area contributed by atoms with E-state index in [0.717, 1.165) is 65.3 Å². The van der Waals surface area contributed by atoms with Gasteiger partial charge < -0.3 is 20.1 Å². The standard InChI is InChI=1S/C33H38FN5O3/c1-22-28(19-29(40)41)31(39-16-14-33(2,3)15-17-39)30(32(36-22)37-26-20-35-38(4)21-26)24-7-11-27(12-8-24)42-18-13-23-5-9-25(34)10-6-23/h5-12,20-21H,13-19H2,1-4H3,(H,36,37)(H,40,41). The molecule has 0 atom stereocenters. The second-order valence-corrected chi connectivity index (χ2v) is 11.7. The van der Waals surface area contributed by atoms with Crippen LogP contribution in [0.1, 0.15) is 43.5 Å². The van der Waals surface area contributed by atoms with Crippen molar-refractivity contribution in [2.75, 3.05) is 29.9 Å². The van der Waals surface area contributed by atoms with Crippen molar-refractivity contribution in [1.82, 2.24) is 14.8 Å². The highest BCUT2D eigenvalue weighted by atomic mass is 19.1. The summed E-state index contributed by atoms with van der Waals surface area (Å²) < 4.78 is 20.9. The second kappa shape index (κ2) is 12.2. The molecule has 2 aromatic heterocycles. The number of halogens is 1. The maximum Gasteiger partial charge on any atom is 0.307 e. The summed E-state index contributed by atoms with van der Waals surface area (Å²) in [6.07, 6.45) is 6.19. The van der Waals surface area contributed by atoms with Gasteiger partial charge >= 0.3 is 5.97 Å². The summed E-state index contributed by atoms with van der Waals surface area (Å²) in [4.78, 5) is 19.3. The van der Waals surface area contributed by atoms with E-state index in [-0.39, 0.29) is 17.7 Å². The van der Waals surface area contributed by atoms with E-state index >= 15 is 0 Å². The molecule has 0 bridgehead atoms. The van der Waals surface area contributed by atoms with E-state index in [9.17, 15) is 14.3 Å². The van der Waals surface area contributed by atoms with Crippen LogP contribution in [0.5, 0.6) is 5.75 Å². The van der Waals surface area contributed by atoms with E-state index in [4.69, 9.17) is 9.72 Å². The molecule has 8 nitrogen and oxygen atoms in total. The zero-order valence-corrected chi connectivity index (χ0v) is 24.7. The van der Waals surface area contributed by atoms with Gasteiger partial charge in [0, 0.05) is 49.6 Å². The number of aryl methyl sites for hydroxylation is 2. The van der Waals surface area contributed by atoms with Crippen molar-refractivity contribution in [3.63, 3.8) is 0 Å². The van der Waals surface area contributed by atoms with E-state index in [1.165, 1.54) is 12.1 Å². The maximum absolute atomic E-state index is 13.2. The highest BCUT2D eigenvalue weighted by Crippen LogP contribution is 2.44. The molecule has 9 heteroatoms. The number of nitrogens with one attached hydrogen (secondary N) is 1. The number of carboxylic acid groups (broad SMARTS) is 1. The zero-order valence-electron chi connectivity index (χ0n) is 24.7. The van der Waals surface area contributed by atoms with Crippen molar-refractivity contribution in [1.29, 1.82) is 0 Å². The first-order valence-electron chi connectivity index (χ1n) is 14.3. The lowest BCUT2D eigenvalue weighted by atomic mass is 9.82. The number of ether oxygens (including phenoxy) is 1. The van der Waals surface area contributed by atoms with Gasteiger partial charge in [0.05, 0.1) is 30.6 Å². The second-order valence-electron chi connectivity index (χ2n) is 11.7. The van der Waals surface area contributed by atoms with Crippen LogP contribution >= 0.6 is 0 Å². The Bertz CT molecular complexity index is 1540. The SMILES string of the molecule is Cc1nc(Nc2cnn(C)c2)c(-c2ccc(OCCc3ccc(F)cc3)cc2)c(N2CCC(C)(C)CC2)c1CC(=O)O. The molecular weight excluding hydrogens is 533 g/mol. The van der Waals surface area contributed by atoms with Crippen LogP contribution in [-0.4, -0.2) is 45.5 Å². The molecule has 0 unspecified atom stereocenters. The lowest BCUT2D eigenvalue weighted by Gasteiger charge is -2.40. The van der Waals surface area contributed by atoms with Gasteiger partial charge in [-0.15, -0.1) is 0 Å². The summed E-state index contributed by atoms with van der Waals surface area (Å²) in [5.41, 5.74) is 6.13. The van der Waals surface area contributed by atoms with E-state index in [2.05, 4.69) is 29.2 Å². The Morgan fingerprint density at radius 1 is 1.10 bits per heavy atom. The fourth-order valence-corrected chi connectivity index (χ4v) is 5.41. The van der Waals surface area contributed by atoms with Crippen LogP contribution in [0.3, 0.4) is 0 Å². The van der Waals surface area contributed by atoms with Gasteiger partial charge in [0.2, 0.25) is 0 Å². The van der Waals surface area contributed by atoms with Crippen LogP contribution in [-0.2, 0) is 24.7 Å². The first-order chi connectivity index (χ1) is 20.1. The number of pyridine rings is 1. The van der Waals surface area contributed by atoms with E-state index in [0.29, 0.717) is 24.5 Å². The molecule has 0 aliphatic carbocycles. The highest BCUT2D eigenvalue weighted by Gasteiger charge is 2.31. The number of carbonyl (C=O) groups is 1. The van der Waals surface area contributed by atoms with Crippen molar-refractivity contribution >= 4 is 23.2 Å². The third-order valence-corrected chi connectivity index (χ3v) is 7.92. The minimum Gasteiger partial charge on any atom is -0.493 e. The van der Waals surface area contributed by atoms with Gasteiger partial charge in [-0.05, 0) is 60.6 Å². The number of benzene rings is 2. The third-order valence-electron chi connectivity index (χ3n) is 7.92. The summed E-state index contributed by atoms with van der Waals surface area (Å²) in [5, 5.41) is 17.6. The van der Waals surface area contributed by atoms with Gasteiger partial charge in [-0.1, -0.05) is 38.1 Å². The highest BCUT2D eigenvalue weighted by molar-refractivity contribution is 5.92. The summed E-state index contributed by atoms with van der Waals surface area (Å²) in [7, 11) is 1.86. The van der Waals surface area contributed by atoms with Crippen LogP contribution < -0.4 is 15.0 Å². The van der Waals surface area contributed by atoms with Crippen LogP contribution in [0.15, 0.2) is 60.9 Å². The normalized spacial score (nSPS) is 14.5. The predicted molar refractivity (Wildman–Crippen MR) is 163 cm³/mol. The molecule has 1 fully saturated rings. The fraction of sp³-hybridized carbons (Fsp3) is 0.364. The summed E-state index contributed by atoms with van der Waals surface area (Å²) in [5.74, 6) is 0.230. The number of nitrogens with zero attached hydrogens (tertiary/aromatic N) is 4. The molecule has 1 aliphatic heterocycles. The summed E-state index contributed by atoms with van der Waals surface area (Å²) >= 11 is 0. The van der Waals surface area contributed by atoms with Crippen LogP contribution in [0.4, 0.5) is 21.6 Å². The Kier molecular flexibility index (Phi) is 8.47. The molecule has 2 aromatic carbocycles. The molecule has 3 heterocycles. The predicted octanol–water partition coefficient (Wildman–Crippen LogP) is 6.55. The topological polar surface area (TPSA) is 92.5 Å². The van der Waals surface area contributed by atoms with E-state index in [1.807, 2.05) is 44.4 Å².